The Bertz CT molecular complexity index is 783. The third kappa shape index (κ3) is 6.09. The number of hydrogen-bond donors (Lipinski definition) is 3. The zero-order valence-electron chi connectivity index (χ0n) is 16.7. The minimum atomic E-state index is -0.188. The van der Waals surface area contributed by atoms with Gasteiger partial charge in [0.1, 0.15) is 6.54 Å². The Morgan fingerprint density at radius 3 is 2.74 bits per heavy atom. The highest BCUT2D eigenvalue weighted by atomic mass is 16.1. The summed E-state index contributed by atoms with van der Waals surface area (Å²) in [5, 5.41) is 13.8. The van der Waals surface area contributed by atoms with Gasteiger partial charge >= 0.3 is 0 Å². The molecule has 146 valence electrons. The average Bonchev–Trinajstić information content (AvgIpc) is 2.87. The highest BCUT2D eigenvalue weighted by Gasteiger charge is 2.14. The van der Waals surface area contributed by atoms with E-state index in [4.69, 9.17) is 0 Å². The predicted octanol–water partition coefficient (Wildman–Crippen LogP) is 1.56. The van der Waals surface area contributed by atoms with Gasteiger partial charge in [-0.1, -0.05) is 0 Å². The fourth-order valence-electron chi connectivity index (χ4n) is 2.81. The van der Waals surface area contributed by atoms with Crippen LogP contribution in [0.25, 0.3) is 0 Å². The van der Waals surface area contributed by atoms with E-state index in [1.165, 1.54) is 11.3 Å². The van der Waals surface area contributed by atoms with Gasteiger partial charge in [0.2, 0.25) is 5.91 Å². The summed E-state index contributed by atoms with van der Waals surface area (Å²) in [7, 11) is 1.95. The Hall–Kier alpha value is -2.90. The molecule has 27 heavy (non-hydrogen) atoms. The number of aryl methyl sites for hydroxylation is 2. The lowest BCUT2D eigenvalue weighted by atomic mass is 10.1. The third-order valence-corrected chi connectivity index (χ3v) is 4.22. The van der Waals surface area contributed by atoms with Crippen molar-refractivity contribution < 1.29 is 4.79 Å². The fraction of sp³-hybridized carbons (Fsp3) is 0.474. The van der Waals surface area contributed by atoms with Crippen LogP contribution in [0.1, 0.15) is 30.8 Å². The molecule has 1 unspecified atom stereocenters. The number of amides is 1. The molecule has 8 nitrogen and oxygen atoms in total. The second-order valence-electron chi connectivity index (χ2n) is 6.51. The summed E-state index contributed by atoms with van der Waals surface area (Å²) in [6.07, 6.45) is 4.09. The lowest BCUT2D eigenvalue weighted by Crippen LogP contribution is -2.43. The van der Waals surface area contributed by atoms with Gasteiger partial charge < -0.3 is 16.0 Å². The quantitative estimate of drug-likeness (QED) is 0.507. The summed E-state index contributed by atoms with van der Waals surface area (Å²) in [5.41, 5.74) is 4.11. The lowest BCUT2D eigenvalue weighted by Gasteiger charge is -2.18. The van der Waals surface area contributed by atoms with E-state index >= 15 is 0 Å². The molecule has 0 radical (unpaired) electrons. The molecule has 2 heterocycles. The number of aromatic nitrogens is 3. The number of aliphatic imine (C=N–C) groups is 1. The van der Waals surface area contributed by atoms with E-state index in [1.54, 1.807) is 24.5 Å². The number of nitrogens with zero attached hydrogens (tertiary/aromatic N) is 4. The first kappa shape index (κ1) is 20.4. The molecule has 0 aliphatic heterocycles. The SMILES string of the molecule is CCNC(=NCC(=O)Nc1cccnc1)NC(C)Cc1c(C)nn(C)c1C. The van der Waals surface area contributed by atoms with Crippen molar-refractivity contribution in [2.75, 3.05) is 18.4 Å². The molecular formula is C19H29N7O. The second kappa shape index (κ2) is 9.70. The number of anilines is 1. The summed E-state index contributed by atoms with van der Waals surface area (Å²) < 4.78 is 1.90. The van der Waals surface area contributed by atoms with Crippen molar-refractivity contribution in [3.63, 3.8) is 0 Å². The summed E-state index contributed by atoms with van der Waals surface area (Å²) in [5.74, 6) is 0.428. The third-order valence-electron chi connectivity index (χ3n) is 4.22. The Morgan fingerprint density at radius 1 is 1.37 bits per heavy atom. The van der Waals surface area contributed by atoms with Gasteiger partial charge in [-0.15, -0.1) is 0 Å². The average molecular weight is 371 g/mol. The van der Waals surface area contributed by atoms with Crippen LogP contribution in [0.2, 0.25) is 0 Å². The zero-order valence-corrected chi connectivity index (χ0v) is 16.7. The number of carbonyl (C=O) groups excluding carboxylic acids is 1. The van der Waals surface area contributed by atoms with Crippen LogP contribution < -0.4 is 16.0 Å². The molecule has 0 spiro atoms. The van der Waals surface area contributed by atoms with Gasteiger partial charge in [-0.3, -0.25) is 14.5 Å². The molecule has 1 atom stereocenters. The topological polar surface area (TPSA) is 96.2 Å². The van der Waals surface area contributed by atoms with Crippen molar-refractivity contribution in [3.05, 3.63) is 41.5 Å². The van der Waals surface area contributed by atoms with E-state index in [0.29, 0.717) is 18.2 Å². The first-order valence-electron chi connectivity index (χ1n) is 9.14. The van der Waals surface area contributed by atoms with E-state index in [-0.39, 0.29) is 18.5 Å². The highest BCUT2D eigenvalue weighted by molar-refractivity contribution is 5.93. The van der Waals surface area contributed by atoms with Crippen molar-refractivity contribution in [1.82, 2.24) is 25.4 Å². The highest BCUT2D eigenvalue weighted by Crippen LogP contribution is 2.14. The van der Waals surface area contributed by atoms with Crippen LogP contribution in [0.15, 0.2) is 29.5 Å². The maximum absolute atomic E-state index is 12.1. The minimum Gasteiger partial charge on any atom is -0.357 e. The van der Waals surface area contributed by atoms with Crippen LogP contribution in [-0.2, 0) is 18.3 Å². The number of guanidine groups is 1. The summed E-state index contributed by atoms with van der Waals surface area (Å²) in [6, 6.07) is 3.71. The minimum absolute atomic E-state index is 0.0297. The zero-order chi connectivity index (χ0) is 19.8. The molecular weight excluding hydrogens is 342 g/mol. The predicted molar refractivity (Wildman–Crippen MR) is 108 cm³/mol. The molecule has 0 aliphatic rings. The van der Waals surface area contributed by atoms with Crippen LogP contribution >= 0.6 is 0 Å². The number of pyridine rings is 1. The molecule has 2 rings (SSSR count). The largest absolute Gasteiger partial charge is 0.357 e. The van der Waals surface area contributed by atoms with Crippen molar-refractivity contribution in [3.8, 4) is 0 Å². The van der Waals surface area contributed by atoms with E-state index < -0.39 is 0 Å². The van der Waals surface area contributed by atoms with Gasteiger partial charge in [-0.25, -0.2) is 4.99 Å². The molecule has 0 saturated carbocycles. The normalized spacial score (nSPS) is 12.6. The standard InChI is InChI=1S/C19H29N7O/c1-6-21-19(22-12-18(27)24-16-8-7-9-20-11-16)23-13(2)10-17-14(3)25-26(5)15(17)4/h7-9,11,13H,6,10,12H2,1-5H3,(H,24,27)(H2,21,22,23). The van der Waals surface area contributed by atoms with Crippen LogP contribution in [0.4, 0.5) is 5.69 Å². The van der Waals surface area contributed by atoms with E-state index in [0.717, 1.165) is 12.1 Å². The first-order valence-corrected chi connectivity index (χ1v) is 9.14. The van der Waals surface area contributed by atoms with Gasteiger partial charge in [-0.05, 0) is 51.8 Å². The van der Waals surface area contributed by atoms with Gasteiger partial charge in [0.15, 0.2) is 5.96 Å². The fourth-order valence-corrected chi connectivity index (χ4v) is 2.81. The number of carbonyl (C=O) groups is 1. The molecule has 0 bridgehead atoms. The molecule has 2 aromatic heterocycles. The number of hydrogen-bond acceptors (Lipinski definition) is 4. The Balaban J connectivity index is 1.95. The first-order chi connectivity index (χ1) is 12.9. The van der Waals surface area contributed by atoms with Gasteiger partial charge in [0, 0.05) is 31.5 Å². The van der Waals surface area contributed by atoms with Crippen LogP contribution in [-0.4, -0.2) is 45.8 Å². The molecule has 8 heteroatoms. The molecule has 0 aromatic carbocycles. The number of nitrogens with one attached hydrogen (secondary N) is 3. The van der Waals surface area contributed by atoms with Crippen LogP contribution in [0.5, 0.6) is 0 Å². The van der Waals surface area contributed by atoms with Crippen molar-refractivity contribution >= 4 is 17.6 Å². The Morgan fingerprint density at radius 2 is 2.15 bits per heavy atom. The van der Waals surface area contributed by atoms with Crippen LogP contribution in [0.3, 0.4) is 0 Å². The van der Waals surface area contributed by atoms with E-state index in [2.05, 4.69) is 44.9 Å². The maximum Gasteiger partial charge on any atom is 0.246 e. The van der Waals surface area contributed by atoms with Crippen molar-refractivity contribution in [2.45, 2.75) is 40.2 Å². The van der Waals surface area contributed by atoms with Gasteiger partial charge in [-0.2, -0.15) is 5.10 Å². The second-order valence-corrected chi connectivity index (χ2v) is 6.51. The molecule has 0 saturated heterocycles. The monoisotopic (exact) mass is 371 g/mol. The summed E-state index contributed by atoms with van der Waals surface area (Å²) in [4.78, 5) is 20.4. The van der Waals surface area contributed by atoms with E-state index in [1.807, 2.05) is 25.6 Å². The molecule has 1 amide bonds. The van der Waals surface area contributed by atoms with Gasteiger partial charge in [0.25, 0.3) is 0 Å². The molecule has 3 N–H and O–H groups in total. The smallest absolute Gasteiger partial charge is 0.246 e. The summed E-state index contributed by atoms with van der Waals surface area (Å²) in [6.45, 7) is 8.93. The molecule has 0 fully saturated rings. The summed E-state index contributed by atoms with van der Waals surface area (Å²) >= 11 is 0. The molecule has 0 aliphatic carbocycles. The van der Waals surface area contributed by atoms with Crippen molar-refractivity contribution in [1.29, 1.82) is 0 Å². The van der Waals surface area contributed by atoms with Crippen LogP contribution in [0, 0.1) is 13.8 Å². The van der Waals surface area contributed by atoms with E-state index in [9.17, 15) is 4.79 Å². The maximum atomic E-state index is 12.1. The Labute approximate surface area is 160 Å². The molecule has 2 aromatic rings. The lowest BCUT2D eigenvalue weighted by molar-refractivity contribution is -0.114. The Kier molecular flexibility index (Phi) is 7.34. The number of rotatable bonds is 7. The van der Waals surface area contributed by atoms with Crippen molar-refractivity contribution in [2.24, 2.45) is 12.0 Å². The van der Waals surface area contributed by atoms with Gasteiger partial charge in [0.05, 0.1) is 17.6 Å².